The molecule has 24 heavy (non-hydrogen) atoms. The predicted molar refractivity (Wildman–Crippen MR) is 87.3 cm³/mol. The Labute approximate surface area is 138 Å². The number of carbonyl (C=O) groups excluding carboxylic acids is 1. The van der Waals surface area contributed by atoms with Crippen LogP contribution in [0.25, 0.3) is 0 Å². The summed E-state index contributed by atoms with van der Waals surface area (Å²) in [5.74, 6) is -0.461. The summed E-state index contributed by atoms with van der Waals surface area (Å²) in [7, 11) is 1.50. The summed E-state index contributed by atoms with van der Waals surface area (Å²) in [6, 6.07) is 8.24. The van der Waals surface area contributed by atoms with Crippen molar-refractivity contribution in [3.63, 3.8) is 0 Å². The second kappa shape index (κ2) is 7.40. The highest BCUT2D eigenvalue weighted by Gasteiger charge is 2.22. The van der Waals surface area contributed by atoms with Crippen LogP contribution in [0.1, 0.15) is 12.5 Å². The minimum atomic E-state index is -0.960. The van der Waals surface area contributed by atoms with Gasteiger partial charge in [0.05, 0.1) is 12.8 Å². The smallest absolute Gasteiger partial charge is 0.406 e. The number of anilines is 1. The van der Waals surface area contributed by atoms with Gasteiger partial charge in [-0.1, -0.05) is 6.07 Å². The molecule has 8 heteroatoms. The molecule has 0 saturated carbocycles. The van der Waals surface area contributed by atoms with Crippen molar-refractivity contribution in [3.8, 4) is 11.5 Å². The Bertz CT molecular complexity index is 763. The lowest BCUT2D eigenvalue weighted by molar-refractivity contribution is -0.390. The average molecular weight is 331 g/mol. The Kier molecular flexibility index (Phi) is 5.31. The Balaban J connectivity index is 2.14. The maximum Gasteiger partial charge on any atom is 0.406 e. The lowest BCUT2D eigenvalue weighted by Crippen LogP contribution is -2.30. The quantitative estimate of drug-likeness (QED) is 0.645. The molecule has 0 spiro atoms. The van der Waals surface area contributed by atoms with Crippen LogP contribution in [0.15, 0.2) is 36.5 Å². The average Bonchev–Trinajstić information content (AvgIpc) is 2.55. The summed E-state index contributed by atoms with van der Waals surface area (Å²) in [6.07, 6.45) is 0.325. The lowest BCUT2D eigenvalue weighted by atomic mass is 10.2. The molecule has 2 rings (SSSR count). The number of ether oxygens (including phenoxy) is 2. The van der Waals surface area contributed by atoms with Gasteiger partial charge in [-0.3, -0.25) is 4.79 Å². The van der Waals surface area contributed by atoms with Crippen molar-refractivity contribution in [2.24, 2.45) is 0 Å². The molecule has 2 aromatic rings. The molecular formula is C16H17N3O5. The Morgan fingerprint density at radius 3 is 2.75 bits per heavy atom. The van der Waals surface area contributed by atoms with E-state index in [4.69, 9.17) is 9.47 Å². The van der Waals surface area contributed by atoms with Crippen LogP contribution >= 0.6 is 0 Å². The maximum absolute atomic E-state index is 12.3. The second-order valence-electron chi connectivity index (χ2n) is 5.04. The van der Waals surface area contributed by atoms with Gasteiger partial charge in [-0.15, -0.1) is 0 Å². The minimum Gasteiger partial charge on any atom is -0.495 e. The molecule has 1 heterocycles. The number of amides is 1. The van der Waals surface area contributed by atoms with Crippen LogP contribution in [0, 0.1) is 17.0 Å². The number of benzene rings is 1. The van der Waals surface area contributed by atoms with Gasteiger partial charge in [0, 0.05) is 0 Å². The van der Waals surface area contributed by atoms with Gasteiger partial charge in [0.2, 0.25) is 5.75 Å². The molecule has 8 nitrogen and oxygen atoms in total. The van der Waals surface area contributed by atoms with Crippen molar-refractivity contribution in [1.29, 1.82) is 0 Å². The van der Waals surface area contributed by atoms with E-state index in [1.54, 1.807) is 12.1 Å². The van der Waals surface area contributed by atoms with E-state index >= 15 is 0 Å². The number of nitrogens with one attached hydrogen (secondary N) is 1. The zero-order valence-corrected chi connectivity index (χ0v) is 13.5. The van der Waals surface area contributed by atoms with Gasteiger partial charge in [0.15, 0.2) is 6.10 Å². The number of nitro groups is 1. The molecule has 1 N–H and O–H groups in total. The van der Waals surface area contributed by atoms with E-state index in [9.17, 15) is 14.9 Å². The first kappa shape index (κ1) is 17.2. The molecule has 1 amide bonds. The number of hydrogen-bond acceptors (Lipinski definition) is 6. The summed E-state index contributed by atoms with van der Waals surface area (Å²) in [5, 5.41) is 13.6. The number of carbonyl (C=O) groups is 1. The zero-order chi connectivity index (χ0) is 17.7. The monoisotopic (exact) mass is 331 g/mol. The third-order valence-electron chi connectivity index (χ3n) is 3.21. The maximum atomic E-state index is 12.3. The Hall–Kier alpha value is -3.16. The fourth-order valence-electron chi connectivity index (χ4n) is 2.01. The van der Waals surface area contributed by atoms with Crippen molar-refractivity contribution >= 4 is 17.4 Å². The fourth-order valence-corrected chi connectivity index (χ4v) is 2.01. The van der Waals surface area contributed by atoms with Gasteiger partial charge in [-0.2, -0.15) is 0 Å². The van der Waals surface area contributed by atoms with Gasteiger partial charge < -0.3 is 24.9 Å². The van der Waals surface area contributed by atoms with Crippen LogP contribution in [0.3, 0.4) is 0 Å². The highest BCUT2D eigenvalue weighted by molar-refractivity contribution is 5.95. The standard InChI is InChI=1S/C16H17N3O5/c1-10-6-7-13(23-3)12(9-10)18-16(20)11(2)24-14-5-4-8-17-15(14)19(21)22/h4-9,11H,1-3H3,(H,18,20)/t11-/m1/s1. The van der Waals surface area contributed by atoms with Crippen LogP contribution < -0.4 is 14.8 Å². The van der Waals surface area contributed by atoms with Gasteiger partial charge in [0.1, 0.15) is 11.9 Å². The van der Waals surface area contributed by atoms with Crippen LogP contribution in [-0.4, -0.2) is 29.0 Å². The normalized spacial score (nSPS) is 11.5. The van der Waals surface area contributed by atoms with E-state index < -0.39 is 22.8 Å². The summed E-state index contributed by atoms with van der Waals surface area (Å²) < 4.78 is 10.6. The molecule has 0 aliphatic carbocycles. The van der Waals surface area contributed by atoms with E-state index in [0.29, 0.717) is 11.4 Å². The Morgan fingerprint density at radius 1 is 1.33 bits per heavy atom. The van der Waals surface area contributed by atoms with E-state index in [1.165, 1.54) is 32.4 Å². The summed E-state index contributed by atoms with van der Waals surface area (Å²) in [4.78, 5) is 26.2. The van der Waals surface area contributed by atoms with Crippen molar-refractivity contribution < 1.29 is 19.2 Å². The number of nitrogens with zero attached hydrogens (tertiary/aromatic N) is 2. The van der Waals surface area contributed by atoms with E-state index in [2.05, 4.69) is 10.3 Å². The summed E-state index contributed by atoms with van der Waals surface area (Å²) in [5.41, 5.74) is 1.45. The highest BCUT2D eigenvalue weighted by atomic mass is 16.6. The molecule has 0 unspecified atom stereocenters. The molecule has 0 bridgehead atoms. The number of hydrogen-bond donors (Lipinski definition) is 1. The number of rotatable bonds is 6. The SMILES string of the molecule is COc1ccc(C)cc1NC(=O)[C@@H](C)Oc1cccnc1[N+](=O)[O-]. The molecule has 0 saturated heterocycles. The third kappa shape index (κ3) is 3.97. The summed E-state index contributed by atoms with van der Waals surface area (Å²) >= 11 is 0. The van der Waals surface area contributed by atoms with E-state index in [-0.39, 0.29) is 5.75 Å². The molecule has 1 atom stereocenters. The van der Waals surface area contributed by atoms with Crippen molar-refractivity contribution in [2.75, 3.05) is 12.4 Å². The van der Waals surface area contributed by atoms with E-state index in [0.717, 1.165) is 5.56 Å². The van der Waals surface area contributed by atoms with Gasteiger partial charge in [-0.25, -0.2) is 0 Å². The van der Waals surface area contributed by atoms with Gasteiger partial charge in [0.25, 0.3) is 5.91 Å². The third-order valence-corrected chi connectivity index (χ3v) is 3.21. The van der Waals surface area contributed by atoms with Crippen molar-refractivity contribution in [3.05, 3.63) is 52.2 Å². The Morgan fingerprint density at radius 2 is 2.08 bits per heavy atom. The van der Waals surface area contributed by atoms with Crippen LogP contribution in [0.5, 0.6) is 11.5 Å². The van der Waals surface area contributed by atoms with Crippen molar-refractivity contribution in [1.82, 2.24) is 4.98 Å². The van der Waals surface area contributed by atoms with Crippen LogP contribution in [-0.2, 0) is 4.79 Å². The molecule has 0 aliphatic rings. The second-order valence-corrected chi connectivity index (χ2v) is 5.04. The molecule has 1 aromatic heterocycles. The highest BCUT2D eigenvalue weighted by Crippen LogP contribution is 2.27. The lowest BCUT2D eigenvalue weighted by Gasteiger charge is -2.16. The van der Waals surface area contributed by atoms with Crippen LogP contribution in [0.4, 0.5) is 11.5 Å². The number of methoxy groups -OCH3 is 1. The zero-order valence-electron chi connectivity index (χ0n) is 13.5. The molecule has 0 radical (unpaired) electrons. The topological polar surface area (TPSA) is 104 Å². The largest absolute Gasteiger partial charge is 0.495 e. The van der Waals surface area contributed by atoms with Crippen LogP contribution in [0.2, 0.25) is 0 Å². The minimum absolute atomic E-state index is 0.0682. The number of aryl methyl sites for hydroxylation is 1. The molecule has 126 valence electrons. The summed E-state index contributed by atoms with van der Waals surface area (Å²) in [6.45, 7) is 3.38. The predicted octanol–water partition coefficient (Wildman–Crippen LogP) is 2.71. The molecular weight excluding hydrogens is 314 g/mol. The van der Waals surface area contributed by atoms with Crippen molar-refractivity contribution in [2.45, 2.75) is 20.0 Å². The first-order valence-corrected chi connectivity index (χ1v) is 7.14. The molecule has 0 fully saturated rings. The first-order valence-electron chi connectivity index (χ1n) is 7.14. The first-order chi connectivity index (χ1) is 11.4. The van der Waals surface area contributed by atoms with Gasteiger partial charge >= 0.3 is 5.82 Å². The number of pyridine rings is 1. The fraction of sp³-hybridized carbons (Fsp3) is 0.250. The molecule has 1 aromatic carbocycles. The van der Waals surface area contributed by atoms with Gasteiger partial charge in [-0.05, 0) is 53.6 Å². The molecule has 0 aliphatic heterocycles. The van der Waals surface area contributed by atoms with E-state index in [1.807, 2.05) is 13.0 Å². The number of aromatic nitrogens is 1.